The van der Waals surface area contributed by atoms with Crippen molar-refractivity contribution in [1.29, 1.82) is 0 Å². The van der Waals surface area contributed by atoms with E-state index in [4.69, 9.17) is 0 Å². The third-order valence-electron chi connectivity index (χ3n) is 3.06. The van der Waals surface area contributed by atoms with Crippen LogP contribution in [0.2, 0.25) is 0 Å². The molecule has 0 saturated carbocycles. The van der Waals surface area contributed by atoms with Crippen LogP contribution in [0.3, 0.4) is 0 Å². The molecule has 1 aromatic rings. The maximum atomic E-state index is 10.6. The molecule has 0 aliphatic rings. The lowest BCUT2D eigenvalue weighted by Gasteiger charge is -2.23. The number of benzene rings is 1. The third-order valence-corrected chi connectivity index (χ3v) is 4.31. The quantitative estimate of drug-likeness (QED) is 0.365. The molecule has 0 unspecified atom stereocenters. The monoisotopic (exact) mass is 310 g/mol. The van der Waals surface area contributed by atoms with E-state index in [0.29, 0.717) is 6.54 Å². The Labute approximate surface area is 129 Å². The molecule has 6 nitrogen and oxygen atoms in total. The second kappa shape index (κ2) is 7.87. The standard InChI is InChI=1S/C14H22N4O2S/c1-14(2,21-4)10-17-13(15-3)16-9-11-5-7-12(8-6-11)18(19)20/h5-8H,9-10H2,1-4H3,(H2,15,16,17). The molecule has 0 aliphatic carbocycles. The van der Waals surface area contributed by atoms with E-state index < -0.39 is 4.92 Å². The summed E-state index contributed by atoms with van der Waals surface area (Å²) in [6.45, 7) is 5.69. The molecular formula is C14H22N4O2S. The Morgan fingerprint density at radius 2 is 1.95 bits per heavy atom. The van der Waals surface area contributed by atoms with Gasteiger partial charge in [-0.15, -0.1) is 0 Å². The van der Waals surface area contributed by atoms with Crippen LogP contribution < -0.4 is 10.6 Å². The SMILES string of the molecule is CN=C(NCc1ccc([N+](=O)[O-])cc1)NCC(C)(C)SC. The first kappa shape index (κ1) is 17.3. The Kier molecular flexibility index (Phi) is 6.48. The van der Waals surface area contributed by atoms with Crippen LogP contribution in [0.4, 0.5) is 5.69 Å². The summed E-state index contributed by atoms with van der Waals surface area (Å²) in [6, 6.07) is 6.49. The second-order valence-corrected chi connectivity index (χ2v) is 6.68. The van der Waals surface area contributed by atoms with Gasteiger partial charge in [-0.1, -0.05) is 12.1 Å². The van der Waals surface area contributed by atoms with E-state index in [1.807, 2.05) is 0 Å². The summed E-state index contributed by atoms with van der Waals surface area (Å²) in [4.78, 5) is 14.4. The summed E-state index contributed by atoms with van der Waals surface area (Å²) in [5.41, 5.74) is 1.07. The molecule has 2 N–H and O–H groups in total. The van der Waals surface area contributed by atoms with Crippen LogP contribution in [0.1, 0.15) is 19.4 Å². The van der Waals surface area contributed by atoms with Crippen molar-refractivity contribution in [2.75, 3.05) is 19.8 Å². The molecule has 116 valence electrons. The van der Waals surface area contributed by atoms with Gasteiger partial charge in [-0.25, -0.2) is 0 Å². The minimum atomic E-state index is -0.401. The normalized spacial score (nSPS) is 12.1. The fourth-order valence-electron chi connectivity index (χ4n) is 1.51. The number of aliphatic imine (C=N–C) groups is 1. The Morgan fingerprint density at radius 3 is 2.43 bits per heavy atom. The van der Waals surface area contributed by atoms with Crippen LogP contribution in [-0.4, -0.2) is 35.5 Å². The molecule has 7 heteroatoms. The van der Waals surface area contributed by atoms with Gasteiger partial charge < -0.3 is 10.6 Å². The van der Waals surface area contributed by atoms with Crippen LogP contribution in [0, 0.1) is 10.1 Å². The fraction of sp³-hybridized carbons (Fsp3) is 0.500. The zero-order valence-electron chi connectivity index (χ0n) is 12.8. The number of nitro groups is 1. The lowest BCUT2D eigenvalue weighted by atomic mass is 10.2. The molecule has 0 saturated heterocycles. The van der Waals surface area contributed by atoms with Gasteiger partial charge in [-0.05, 0) is 25.7 Å². The molecule has 0 atom stereocenters. The van der Waals surface area contributed by atoms with Gasteiger partial charge in [0.15, 0.2) is 5.96 Å². The molecule has 1 aromatic carbocycles. The first-order valence-corrected chi connectivity index (χ1v) is 7.83. The van der Waals surface area contributed by atoms with Crippen molar-refractivity contribution in [2.45, 2.75) is 25.1 Å². The smallest absolute Gasteiger partial charge is 0.269 e. The summed E-state index contributed by atoms with van der Waals surface area (Å²) in [6.07, 6.45) is 2.08. The molecule has 0 heterocycles. The average molecular weight is 310 g/mol. The maximum absolute atomic E-state index is 10.6. The first-order valence-electron chi connectivity index (χ1n) is 6.61. The Hall–Kier alpha value is -1.76. The highest BCUT2D eigenvalue weighted by atomic mass is 32.2. The zero-order chi connectivity index (χ0) is 15.9. The van der Waals surface area contributed by atoms with Gasteiger partial charge in [-0.3, -0.25) is 15.1 Å². The highest BCUT2D eigenvalue weighted by Gasteiger charge is 2.16. The summed E-state index contributed by atoms with van der Waals surface area (Å²) in [7, 11) is 1.72. The third kappa shape index (κ3) is 6.03. The predicted octanol–water partition coefficient (Wildman–Crippen LogP) is 2.40. The highest BCUT2D eigenvalue weighted by molar-refractivity contribution is 7.99. The van der Waals surface area contributed by atoms with Crippen molar-refractivity contribution in [1.82, 2.24) is 10.6 Å². The van der Waals surface area contributed by atoms with Crippen molar-refractivity contribution in [3.05, 3.63) is 39.9 Å². The van der Waals surface area contributed by atoms with Crippen molar-refractivity contribution in [2.24, 2.45) is 4.99 Å². The van der Waals surface area contributed by atoms with Crippen LogP contribution >= 0.6 is 11.8 Å². The van der Waals surface area contributed by atoms with Crippen LogP contribution in [0.15, 0.2) is 29.3 Å². The molecule has 1 rings (SSSR count). The summed E-state index contributed by atoms with van der Waals surface area (Å²) >= 11 is 1.79. The van der Waals surface area contributed by atoms with Crippen molar-refractivity contribution >= 4 is 23.4 Å². The molecule has 0 amide bonds. The van der Waals surface area contributed by atoms with E-state index in [1.165, 1.54) is 12.1 Å². The van der Waals surface area contributed by atoms with Crippen molar-refractivity contribution in [3.8, 4) is 0 Å². The fourth-order valence-corrected chi connectivity index (χ4v) is 1.73. The molecule has 0 radical (unpaired) electrons. The van der Waals surface area contributed by atoms with Gasteiger partial charge in [0.1, 0.15) is 0 Å². The minimum absolute atomic E-state index is 0.1000. The summed E-state index contributed by atoms with van der Waals surface area (Å²) in [5, 5.41) is 17.1. The number of rotatable bonds is 6. The molecule has 0 bridgehead atoms. The van der Waals surface area contributed by atoms with Crippen LogP contribution in [-0.2, 0) is 6.54 Å². The number of hydrogen-bond acceptors (Lipinski definition) is 4. The number of nitrogens with one attached hydrogen (secondary N) is 2. The molecule has 0 fully saturated rings. The molecule has 0 spiro atoms. The molecule has 21 heavy (non-hydrogen) atoms. The average Bonchev–Trinajstić information content (AvgIpc) is 2.48. The number of thioether (sulfide) groups is 1. The lowest BCUT2D eigenvalue weighted by Crippen LogP contribution is -2.42. The van der Waals surface area contributed by atoms with Crippen LogP contribution in [0.25, 0.3) is 0 Å². The lowest BCUT2D eigenvalue weighted by molar-refractivity contribution is -0.384. The van der Waals surface area contributed by atoms with E-state index in [2.05, 4.69) is 35.7 Å². The summed E-state index contributed by atoms with van der Waals surface area (Å²) < 4.78 is 0.130. The van der Waals surface area contributed by atoms with Gasteiger partial charge in [0.05, 0.1) is 4.92 Å². The van der Waals surface area contributed by atoms with Gasteiger partial charge in [0.2, 0.25) is 0 Å². The second-order valence-electron chi connectivity index (χ2n) is 5.17. The molecule has 0 aliphatic heterocycles. The number of nitrogens with zero attached hydrogens (tertiary/aromatic N) is 2. The van der Waals surface area contributed by atoms with Crippen molar-refractivity contribution in [3.63, 3.8) is 0 Å². The zero-order valence-corrected chi connectivity index (χ0v) is 13.7. The molecule has 0 aromatic heterocycles. The minimum Gasteiger partial charge on any atom is -0.355 e. The highest BCUT2D eigenvalue weighted by Crippen LogP contribution is 2.19. The number of non-ortho nitro benzene ring substituents is 1. The van der Waals surface area contributed by atoms with Gasteiger partial charge in [-0.2, -0.15) is 11.8 Å². The Morgan fingerprint density at radius 1 is 1.33 bits per heavy atom. The van der Waals surface area contributed by atoms with E-state index in [9.17, 15) is 10.1 Å². The van der Waals surface area contributed by atoms with Crippen LogP contribution in [0.5, 0.6) is 0 Å². The first-order chi connectivity index (χ1) is 9.88. The summed E-state index contributed by atoms with van der Waals surface area (Å²) in [5.74, 6) is 0.718. The number of nitro benzene ring substituents is 1. The van der Waals surface area contributed by atoms with Gasteiger partial charge in [0, 0.05) is 37.0 Å². The number of hydrogen-bond donors (Lipinski definition) is 2. The molecular weight excluding hydrogens is 288 g/mol. The van der Waals surface area contributed by atoms with E-state index in [1.54, 1.807) is 30.9 Å². The van der Waals surface area contributed by atoms with E-state index >= 15 is 0 Å². The van der Waals surface area contributed by atoms with E-state index in [0.717, 1.165) is 18.1 Å². The Balaban J connectivity index is 2.50. The Bertz CT molecular complexity index is 500. The number of guanidine groups is 1. The largest absolute Gasteiger partial charge is 0.355 e. The predicted molar refractivity (Wildman–Crippen MR) is 88.9 cm³/mol. The van der Waals surface area contributed by atoms with Gasteiger partial charge in [0.25, 0.3) is 5.69 Å². The van der Waals surface area contributed by atoms with Crippen molar-refractivity contribution < 1.29 is 4.92 Å². The van der Waals surface area contributed by atoms with Gasteiger partial charge >= 0.3 is 0 Å². The van der Waals surface area contributed by atoms with E-state index in [-0.39, 0.29) is 10.4 Å². The topological polar surface area (TPSA) is 79.6 Å². The maximum Gasteiger partial charge on any atom is 0.269 e.